The highest BCUT2D eigenvalue weighted by atomic mass is 19.4. The van der Waals surface area contributed by atoms with Gasteiger partial charge in [-0.25, -0.2) is 0 Å². The fourth-order valence-electron chi connectivity index (χ4n) is 14.1. The first-order valence-corrected chi connectivity index (χ1v) is 50.9. The Hall–Kier alpha value is -8.17. The molecule has 0 saturated heterocycles. The van der Waals surface area contributed by atoms with Crippen molar-refractivity contribution >= 4 is 105 Å². The molecule has 0 bridgehead atoms. The van der Waals surface area contributed by atoms with E-state index in [1.165, 1.54) is 16.8 Å². The molecule has 0 aromatic rings. The van der Waals surface area contributed by atoms with E-state index in [1.54, 1.807) is 69.5 Å². The van der Waals surface area contributed by atoms with Gasteiger partial charge in [-0.2, -0.15) is 39.5 Å². The van der Waals surface area contributed by atoms with Gasteiger partial charge in [-0.05, 0) is 125 Å². The van der Waals surface area contributed by atoms with Crippen LogP contribution in [0.2, 0.25) is 0 Å². The van der Waals surface area contributed by atoms with E-state index in [9.17, 15) is 126 Å². The van der Waals surface area contributed by atoms with Crippen molar-refractivity contribution in [2.45, 2.75) is 417 Å². The average molecular weight is 2110 g/mol. The third-order valence-electron chi connectivity index (χ3n) is 22.2. The van der Waals surface area contributed by atoms with E-state index < -0.39 is 155 Å². The maximum atomic E-state index is 12.2. The van der Waals surface area contributed by atoms with Crippen molar-refractivity contribution in [2.24, 2.45) is 101 Å². The Morgan fingerprint density at radius 3 is 0.731 bits per heavy atom. The molecule has 1 rings (SSSR count). The van der Waals surface area contributed by atoms with Crippen LogP contribution in [0.5, 0.6) is 0 Å². The number of carbonyl (C=O) groups is 18. The summed E-state index contributed by atoms with van der Waals surface area (Å²) in [5.74, 6) is -7.88. The quantitative estimate of drug-likeness (QED) is 0.0214. The van der Waals surface area contributed by atoms with Gasteiger partial charge in [0.15, 0.2) is 28.9 Å². The van der Waals surface area contributed by atoms with Crippen LogP contribution in [0.25, 0.3) is 0 Å². The predicted octanol–water partition coefficient (Wildman–Crippen LogP) is 18.2. The van der Waals surface area contributed by atoms with Gasteiger partial charge in [-0.1, -0.05) is 185 Å². The summed E-state index contributed by atoms with van der Waals surface area (Å²) < 4.78 is 129. The number of hydrogen-bond donors (Lipinski definition) is 5. The molecule has 1 saturated carbocycles. The van der Waals surface area contributed by atoms with E-state index in [-0.39, 0.29) is 216 Å². The standard InChI is InChI=1S/C13H21F3O3.2C13H24O3.C12H22O3.C11H18F3NO3.C11H17F3O3.C11H19NO3.C11H21NO3.C11H20O3/c1-8(2)12(18)10(5-6-13(14,15)16)7-11(17)19-9(3)4;1-8(2)11(13(15)9(3)4)7-12(14)16-10(5)6;1-6-7-11(13(15)9(2)3)8-12(14)16-10(4)5;1-6-10(12(14)8(2)3)7-11(13)15-9(4)5;1-7(2)10(18)8(4-5-11(12,13)14)15(3)9(17)6-16;1-7(2)10(17)8(5-9(16)6-15)3-4-11(12,13)14;1-7(2)11(15)10(8-4-5-8)12(3)9(14)6-13;1-5-6-9(11(15)8(2)3)12(4)10(14)7-13;1-4-5-9(6-10(13)7-12)11(14)8(2)3/h8-10H,5-7H2,1-4H3;8-11H,7H2,1-6H3;9-11H,6-8H2,1-5H3;8-10H,6-7H2,1-5H3;7-8,16H,4-6H2,1-3H3;7-8,15H,3-6H2,1-2H3;7-8,10,13H,4-6H2,1-3H3;8-9,13H,5-7H2,1-4H3;8-9,12H,4-7H2,1-3H3. The van der Waals surface area contributed by atoms with Crippen molar-refractivity contribution in [1.29, 1.82) is 0 Å². The van der Waals surface area contributed by atoms with Gasteiger partial charge >= 0.3 is 42.4 Å². The predicted molar refractivity (Wildman–Crippen MR) is 536 cm³/mol. The molecule has 0 aliphatic heterocycles. The van der Waals surface area contributed by atoms with Crippen LogP contribution in [0.15, 0.2) is 0 Å². The highest BCUT2D eigenvalue weighted by Gasteiger charge is 2.42. The molecule has 850 valence electrons. The zero-order valence-corrected chi connectivity index (χ0v) is 93.7. The second-order valence-corrected chi connectivity index (χ2v) is 40.7. The first-order chi connectivity index (χ1) is 66.3. The Kier molecular flexibility index (Phi) is 84.7. The van der Waals surface area contributed by atoms with E-state index in [0.29, 0.717) is 18.8 Å². The van der Waals surface area contributed by atoms with Crippen molar-refractivity contribution in [3.8, 4) is 0 Å². The van der Waals surface area contributed by atoms with Gasteiger partial charge in [0, 0.05) is 142 Å². The average Bonchev–Trinajstić information content (AvgIpc) is 1.67. The zero-order chi connectivity index (χ0) is 116. The van der Waals surface area contributed by atoms with Crippen molar-refractivity contribution in [3.63, 3.8) is 0 Å². The molecule has 0 spiro atoms. The minimum atomic E-state index is -4.38. The third-order valence-corrected chi connectivity index (χ3v) is 22.2. The van der Waals surface area contributed by atoms with Gasteiger partial charge in [0.1, 0.15) is 67.7 Å². The highest BCUT2D eigenvalue weighted by molar-refractivity contribution is 5.94. The van der Waals surface area contributed by atoms with E-state index in [0.717, 1.165) is 49.8 Å². The van der Waals surface area contributed by atoms with Crippen molar-refractivity contribution in [1.82, 2.24) is 14.7 Å². The maximum Gasteiger partial charge on any atom is 0.389 e. The molecule has 1 fully saturated rings. The number of alkyl halides is 9. The third kappa shape index (κ3) is 76.9. The lowest BCUT2D eigenvalue weighted by atomic mass is 9.84. The molecular weight excluding hydrogens is 1920 g/mol. The summed E-state index contributed by atoms with van der Waals surface area (Å²) in [6.45, 7) is 54.6. The number of ketones is 11. The van der Waals surface area contributed by atoms with Crippen LogP contribution in [0.4, 0.5) is 39.5 Å². The monoisotopic (exact) mass is 2100 g/mol. The molecule has 3 amide bonds. The molecule has 5 N–H and O–H groups in total. The first kappa shape index (κ1) is 152. The number of nitrogens with zero attached hydrogens (tertiary/aromatic N) is 3. The molecule has 0 radical (unpaired) electrons. The molecule has 30 nitrogen and oxygen atoms in total. The van der Waals surface area contributed by atoms with E-state index in [4.69, 9.17) is 44.5 Å². The Labute approximate surface area is 858 Å². The molecular formula is C106H186F9N3O27. The number of aliphatic hydroxyl groups is 5. The molecule has 1 aliphatic carbocycles. The van der Waals surface area contributed by atoms with Gasteiger partial charge in [-0.15, -0.1) is 0 Å². The summed E-state index contributed by atoms with van der Waals surface area (Å²) in [6.07, 6.45) is -10.5. The number of esters is 4. The number of aliphatic hydroxyl groups excluding tert-OH is 5. The number of carbonyl (C=O) groups excluding carboxylic acids is 18. The van der Waals surface area contributed by atoms with Gasteiger partial charge in [0.25, 0.3) is 0 Å². The fraction of sp³-hybridized carbons (Fsp3) is 0.830. The number of ether oxygens (including phenoxy) is 4. The number of halogens is 9. The smallest absolute Gasteiger partial charge is 0.389 e. The first-order valence-electron chi connectivity index (χ1n) is 50.9. The Balaban J connectivity index is -0.000000243. The molecule has 0 aromatic carbocycles. The van der Waals surface area contributed by atoms with Gasteiger partial charge in [0.2, 0.25) is 17.7 Å². The van der Waals surface area contributed by atoms with Crippen LogP contribution in [0.3, 0.4) is 0 Å². The summed E-state index contributed by atoms with van der Waals surface area (Å²) in [5, 5.41) is 43.4. The largest absolute Gasteiger partial charge is 0.463 e. The minimum Gasteiger partial charge on any atom is -0.463 e. The number of Topliss-reactive ketones (excluding diaryl/α,β-unsaturated/α-hetero) is 11. The SMILES string of the molecule is CC(C)C(=O)C(C1CC1)N(C)C(=O)CO.CC(C)C(=O)C(CCC(F)(F)F)CC(=O)CO.CC(C)C(=O)C(CCC(F)(F)F)N(C)C(=O)CO.CC(C)OC(=O)CC(C(=O)C(C)C)C(C)C.CC(C)OC(=O)CC(CCC(F)(F)F)C(=O)C(C)C.CCC(CC(=O)OC(C)C)C(=O)C(C)C.CCCC(C(=O)C(C)C)N(C)C(=O)CO.CCCC(CC(=O)CO)C(=O)C(C)C.CCCC(CC(=O)OC(C)C)C(=O)C(C)C. The van der Waals surface area contributed by atoms with Gasteiger partial charge < -0.3 is 59.2 Å². The van der Waals surface area contributed by atoms with Crippen LogP contribution >= 0.6 is 0 Å². The van der Waals surface area contributed by atoms with E-state index in [1.807, 2.05) is 166 Å². The molecule has 39 heteroatoms. The summed E-state index contributed by atoms with van der Waals surface area (Å²) >= 11 is 0. The zero-order valence-electron chi connectivity index (χ0n) is 93.7. The van der Waals surface area contributed by atoms with Crippen molar-refractivity contribution < 1.29 is 170 Å². The molecule has 145 heavy (non-hydrogen) atoms. The summed E-state index contributed by atoms with van der Waals surface area (Å²) in [7, 11) is 4.39. The number of hydrogen-bond acceptors (Lipinski definition) is 27. The molecule has 9 atom stereocenters. The second kappa shape index (κ2) is 80.8. The number of likely N-dealkylation sites (N-methyl/N-ethyl adjacent to an activating group) is 3. The lowest BCUT2D eigenvalue weighted by Crippen LogP contribution is -2.46. The van der Waals surface area contributed by atoms with Crippen LogP contribution in [-0.2, 0) is 105 Å². The van der Waals surface area contributed by atoms with Gasteiger partial charge in [0.05, 0.1) is 68.2 Å². The Morgan fingerprint density at radius 2 is 0.503 bits per heavy atom. The van der Waals surface area contributed by atoms with Crippen LogP contribution in [0, 0.1) is 101 Å². The normalized spacial score (nSPS) is 13.7. The lowest BCUT2D eigenvalue weighted by molar-refractivity contribution is -0.154. The van der Waals surface area contributed by atoms with Crippen LogP contribution < -0.4 is 0 Å². The van der Waals surface area contributed by atoms with Crippen LogP contribution in [-0.4, -0.2) is 261 Å². The van der Waals surface area contributed by atoms with Crippen molar-refractivity contribution in [2.75, 3.05) is 54.2 Å². The summed E-state index contributed by atoms with van der Waals surface area (Å²) in [4.78, 5) is 211. The van der Waals surface area contributed by atoms with E-state index in [2.05, 4.69) is 0 Å². The minimum absolute atomic E-state index is 0.0107. The summed E-state index contributed by atoms with van der Waals surface area (Å²) in [5.41, 5.74) is 0. The molecule has 9 unspecified atom stereocenters. The maximum absolute atomic E-state index is 12.2. The topological polar surface area (TPSA) is 455 Å². The molecule has 1 aliphatic rings. The van der Waals surface area contributed by atoms with Crippen molar-refractivity contribution in [3.05, 3.63) is 0 Å². The summed E-state index contributed by atoms with van der Waals surface area (Å²) in [6, 6.07) is -1.87. The Morgan fingerprint density at radius 1 is 0.276 bits per heavy atom. The lowest BCUT2D eigenvalue weighted by Gasteiger charge is -2.28. The fourth-order valence-corrected chi connectivity index (χ4v) is 14.1. The Bertz CT molecular complexity index is 3770. The highest BCUT2D eigenvalue weighted by Crippen LogP contribution is 2.37. The van der Waals surface area contributed by atoms with Crippen LogP contribution in [0.1, 0.15) is 356 Å². The number of rotatable bonds is 57. The van der Waals surface area contributed by atoms with Gasteiger partial charge in [-0.3, -0.25) is 86.3 Å². The molecule has 0 heterocycles. The van der Waals surface area contributed by atoms with E-state index >= 15 is 0 Å². The second-order valence-electron chi connectivity index (χ2n) is 40.7. The number of amides is 3. The molecule has 0 aromatic heterocycles.